The van der Waals surface area contributed by atoms with Crippen molar-refractivity contribution in [1.29, 1.82) is 0 Å². The van der Waals surface area contributed by atoms with Gasteiger partial charge in [0.2, 0.25) is 5.82 Å². The Hall–Kier alpha value is -0.970. The van der Waals surface area contributed by atoms with Crippen LogP contribution in [-0.4, -0.2) is 26.0 Å². The van der Waals surface area contributed by atoms with Crippen molar-refractivity contribution in [2.45, 2.75) is 116 Å². The highest BCUT2D eigenvalue weighted by atomic mass is 31.2. The van der Waals surface area contributed by atoms with Crippen LogP contribution in [0.25, 0.3) is 0 Å². The Morgan fingerprint density at radius 1 is 0.763 bits per heavy atom. The summed E-state index contributed by atoms with van der Waals surface area (Å²) in [4.78, 5) is 0. The molecule has 216 valence electrons. The summed E-state index contributed by atoms with van der Waals surface area (Å²) in [5.41, 5.74) is 0.465. The molecular weight excluding hydrogens is 505 g/mol. The minimum atomic E-state index is -2.90. The van der Waals surface area contributed by atoms with Crippen LogP contribution in [0.15, 0.2) is 12.1 Å². The molecule has 4 saturated carbocycles. The lowest BCUT2D eigenvalue weighted by Crippen LogP contribution is -2.49. The summed E-state index contributed by atoms with van der Waals surface area (Å²) in [6, 6.07) is 3.50. The van der Waals surface area contributed by atoms with E-state index in [0.29, 0.717) is 49.3 Å². The van der Waals surface area contributed by atoms with E-state index < -0.39 is 19.2 Å². The average molecular weight is 555 g/mol. The van der Waals surface area contributed by atoms with Crippen molar-refractivity contribution in [3.63, 3.8) is 0 Å². The fourth-order valence-electron chi connectivity index (χ4n) is 7.88. The fourth-order valence-corrected chi connectivity index (χ4v) is 9.61. The summed E-state index contributed by atoms with van der Waals surface area (Å²) < 4.78 is 59.0. The first-order chi connectivity index (χ1) is 18.4. The quantitative estimate of drug-likeness (QED) is 0.134. The number of unbranched alkanes of at least 4 members (excludes halogenated alkanes) is 8. The van der Waals surface area contributed by atoms with Crippen LogP contribution < -0.4 is 4.74 Å². The number of hydrogen-bond acceptors (Lipinski definition) is 4. The minimum absolute atomic E-state index is 0.0641. The maximum atomic E-state index is 15.2. The second kappa shape index (κ2) is 14.1. The highest BCUT2D eigenvalue weighted by Crippen LogP contribution is 2.61. The zero-order valence-corrected chi connectivity index (χ0v) is 24.6. The molecule has 4 nitrogen and oxygen atoms in total. The van der Waals surface area contributed by atoms with Gasteiger partial charge in [-0.25, -0.2) is 4.39 Å². The van der Waals surface area contributed by atoms with Crippen LogP contribution in [0.4, 0.5) is 8.78 Å². The Morgan fingerprint density at radius 2 is 1.26 bits per heavy atom. The number of halogens is 2. The van der Waals surface area contributed by atoms with Crippen molar-refractivity contribution in [1.82, 2.24) is 0 Å². The van der Waals surface area contributed by atoms with E-state index in [0.717, 1.165) is 57.8 Å². The van der Waals surface area contributed by atoms with E-state index in [1.165, 1.54) is 38.5 Å². The molecule has 5 rings (SSSR count). The normalized spacial score (nSPS) is 26.3. The van der Waals surface area contributed by atoms with Crippen molar-refractivity contribution >= 4 is 7.60 Å². The van der Waals surface area contributed by atoms with Gasteiger partial charge < -0.3 is 13.8 Å². The third kappa shape index (κ3) is 7.61. The highest BCUT2D eigenvalue weighted by molar-refractivity contribution is 7.53. The predicted molar refractivity (Wildman–Crippen MR) is 149 cm³/mol. The molecule has 7 heteroatoms. The maximum Gasteiger partial charge on any atom is 0.330 e. The molecule has 1 aromatic rings. The van der Waals surface area contributed by atoms with Crippen molar-refractivity contribution in [3.05, 3.63) is 29.3 Å². The van der Waals surface area contributed by atoms with Crippen molar-refractivity contribution < 1.29 is 27.1 Å². The topological polar surface area (TPSA) is 44.8 Å². The lowest BCUT2D eigenvalue weighted by atomic mass is 9.48. The van der Waals surface area contributed by atoms with E-state index in [-0.39, 0.29) is 11.2 Å². The highest BCUT2D eigenvalue weighted by Gasteiger charge is 2.52. The van der Waals surface area contributed by atoms with Gasteiger partial charge in [0.05, 0.1) is 26.0 Å². The molecule has 0 unspecified atom stereocenters. The molecule has 0 spiro atoms. The Balaban J connectivity index is 1.08. The first-order valence-electron chi connectivity index (χ1n) is 15.4. The van der Waals surface area contributed by atoms with Crippen molar-refractivity contribution in [2.24, 2.45) is 17.8 Å². The van der Waals surface area contributed by atoms with E-state index in [4.69, 9.17) is 13.8 Å². The van der Waals surface area contributed by atoms with Crippen LogP contribution in [0.3, 0.4) is 0 Å². The van der Waals surface area contributed by atoms with Gasteiger partial charge in [0.1, 0.15) is 0 Å². The molecule has 0 amide bonds. The summed E-state index contributed by atoms with van der Waals surface area (Å²) in [5.74, 6) is 0.707. The van der Waals surface area contributed by atoms with Gasteiger partial charge >= 0.3 is 7.60 Å². The third-order valence-electron chi connectivity index (χ3n) is 9.14. The number of benzene rings is 1. The van der Waals surface area contributed by atoms with Gasteiger partial charge in [-0.3, -0.25) is 4.57 Å². The molecule has 4 bridgehead atoms. The Labute approximate surface area is 229 Å². The zero-order chi connectivity index (χ0) is 27.0. The van der Waals surface area contributed by atoms with E-state index in [2.05, 4.69) is 0 Å². The third-order valence-corrected chi connectivity index (χ3v) is 11.3. The number of ether oxygens (including phenoxy) is 1. The largest absolute Gasteiger partial charge is 0.490 e. The summed E-state index contributed by atoms with van der Waals surface area (Å²) in [6.07, 6.45) is 17.0. The lowest BCUT2D eigenvalue weighted by molar-refractivity contribution is -0.00708. The summed E-state index contributed by atoms with van der Waals surface area (Å²) in [7, 11) is -2.90. The van der Waals surface area contributed by atoms with E-state index in [1.54, 1.807) is 6.07 Å². The molecule has 4 aliphatic rings. The summed E-state index contributed by atoms with van der Waals surface area (Å²) >= 11 is 0. The molecule has 1 aromatic carbocycles. The summed E-state index contributed by atoms with van der Waals surface area (Å²) in [6.45, 7) is 4.95. The predicted octanol–water partition coefficient (Wildman–Crippen LogP) is 9.59. The van der Waals surface area contributed by atoms with Gasteiger partial charge in [-0.1, -0.05) is 51.0 Å². The van der Waals surface area contributed by atoms with Gasteiger partial charge in [0.15, 0.2) is 11.6 Å². The molecule has 0 atom stereocenters. The second-order valence-corrected chi connectivity index (χ2v) is 14.3. The first kappa shape index (κ1) is 30.0. The second-order valence-electron chi connectivity index (χ2n) is 12.1. The Kier molecular flexibility index (Phi) is 11.1. The molecule has 38 heavy (non-hydrogen) atoms. The number of hydrogen-bond donors (Lipinski definition) is 0. The van der Waals surface area contributed by atoms with Gasteiger partial charge in [-0.15, -0.1) is 0 Å². The Morgan fingerprint density at radius 3 is 1.79 bits per heavy atom. The smallest absolute Gasteiger partial charge is 0.330 e. The van der Waals surface area contributed by atoms with Crippen LogP contribution in [0.5, 0.6) is 5.75 Å². The first-order valence-corrected chi connectivity index (χ1v) is 17.1. The molecule has 0 saturated heterocycles. The fraction of sp³-hybridized carbons (Fsp3) is 0.806. The van der Waals surface area contributed by atoms with Gasteiger partial charge in [0, 0.05) is 0 Å². The molecule has 0 N–H and O–H groups in total. The standard InChI is InChI=1S/C31H49F2O4P/c1-3-36-38(34,37-4-2)17-13-11-9-7-5-6-8-10-12-16-35-28-15-14-27(29(32)30(28)33)31-21-24-18-25(22-31)20-26(19-24)23-31/h14-15,24-26H,3-13,16-23H2,1-2H3/t24-,25?,26?,31-. The minimum Gasteiger partial charge on any atom is -0.490 e. The monoisotopic (exact) mass is 554 g/mol. The molecule has 4 fully saturated rings. The Bertz CT molecular complexity index is 891. The molecule has 0 heterocycles. The van der Waals surface area contributed by atoms with Crippen LogP contribution >= 0.6 is 7.60 Å². The van der Waals surface area contributed by atoms with Gasteiger partial charge in [0.25, 0.3) is 0 Å². The molecule has 0 aliphatic heterocycles. The zero-order valence-electron chi connectivity index (χ0n) is 23.7. The van der Waals surface area contributed by atoms with Crippen molar-refractivity contribution in [2.75, 3.05) is 26.0 Å². The molecular formula is C31H49F2O4P. The van der Waals surface area contributed by atoms with Gasteiger partial charge in [-0.2, -0.15) is 4.39 Å². The summed E-state index contributed by atoms with van der Waals surface area (Å²) in [5, 5.41) is 0. The van der Waals surface area contributed by atoms with Gasteiger partial charge in [-0.05, 0) is 100 Å². The molecule has 0 aromatic heterocycles. The number of rotatable bonds is 18. The van der Waals surface area contributed by atoms with Crippen LogP contribution in [0.1, 0.15) is 116 Å². The SMILES string of the molecule is CCOP(=O)(CCCCCCCCCCCOc1ccc([C@]23CC4CC(C[C@H](C4)C2)C3)c(F)c1F)OCC. The van der Waals surface area contributed by atoms with E-state index in [9.17, 15) is 8.96 Å². The lowest BCUT2D eigenvalue weighted by Gasteiger charge is -2.57. The molecule has 4 aliphatic carbocycles. The van der Waals surface area contributed by atoms with Crippen molar-refractivity contribution in [3.8, 4) is 5.75 Å². The van der Waals surface area contributed by atoms with Crippen LogP contribution in [0, 0.1) is 29.4 Å². The van der Waals surface area contributed by atoms with Crippen LogP contribution in [-0.2, 0) is 19.0 Å². The van der Waals surface area contributed by atoms with Crippen LogP contribution in [0.2, 0.25) is 0 Å². The van der Waals surface area contributed by atoms with E-state index in [1.807, 2.05) is 19.9 Å². The average Bonchev–Trinajstić information content (AvgIpc) is 2.86. The maximum absolute atomic E-state index is 15.2. The van der Waals surface area contributed by atoms with E-state index >= 15 is 4.39 Å². The molecule has 0 radical (unpaired) electrons.